The van der Waals surface area contributed by atoms with Gasteiger partial charge in [-0.1, -0.05) is 29.7 Å². The number of rotatable bonds is 3. The summed E-state index contributed by atoms with van der Waals surface area (Å²) in [7, 11) is 0. The number of carbonyl (C=O) groups excluding carboxylic acids is 1. The van der Waals surface area contributed by atoms with Crippen molar-refractivity contribution in [1.82, 2.24) is 5.32 Å². The minimum atomic E-state index is -0.189. The summed E-state index contributed by atoms with van der Waals surface area (Å²) in [6.07, 6.45) is 5.48. The van der Waals surface area contributed by atoms with Crippen LogP contribution >= 0.6 is 0 Å². The third-order valence-corrected chi connectivity index (χ3v) is 2.92. The molecule has 0 bridgehead atoms. The van der Waals surface area contributed by atoms with E-state index in [1.54, 1.807) is 6.92 Å². The summed E-state index contributed by atoms with van der Waals surface area (Å²) < 4.78 is 0. The van der Waals surface area contributed by atoms with Crippen molar-refractivity contribution in [3.63, 3.8) is 0 Å². The second-order valence-corrected chi connectivity index (χ2v) is 4.24. The molecule has 0 aromatic heterocycles. The van der Waals surface area contributed by atoms with Gasteiger partial charge in [0.25, 0.3) is 5.91 Å². The fourth-order valence-electron chi connectivity index (χ4n) is 1.85. The second-order valence-electron chi connectivity index (χ2n) is 4.24. The highest BCUT2D eigenvalue weighted by Gasteiger charge is 2.14. The first-order valence-corrected chi connectivity index (χ1v) is 5.67. The molecule has 0 spiro atoms. The molecule has 1 amide bonds. The van der Waals surface area contributed by atoms with E-state index in [0.29, 0.717) is 12.5 Å². The van der Waals surface area contributed by atoms with Gasteiger partial charge in [0.05, 0.1) is 0 Å². The number of amides is 1. The van der Waals surface area contributed by atoms with Crippen molar-refractivity contribution in [3.8, 4) is 11.8 Å². The summed E-state index contributed by atoms with van der Waals surface area (Å²) in [6, 6.07) is 0. The van der Waals surface area contributed by atoms with Crippen LogP contribution in [0.25, 0.3) is 0 Å². The molecule has 1 aliphatic carbocycles. The summed E-state index contributed by atoms with van der Waals surface area (Å²) >= 11 is 0. The first-order chi connectivity index (χ1) is 7.63. The number of allylic oxidation sites excluding steroid dienone is 2. The molecule has 0 fully saturated rings. The Balaban J connectivity index is 2.37. The molecule has 0 aromatic rings. The summed E-state index contributed by atoms with van der Waals surface area (Å²) in [5, 5.41) is 2.79. The molecule has 0 aliphatic heterocycles. The zero-order chi connectivity index (χ0) is 12.0. The van der Waals surface area contributed by atoms with Gasteiger partial charge in [-0.15, -0.1) is 0 Å². The van der Waals surface area contributed by atoms with Crippen LogP contribution in [0.5, 0.6) is 0 Å². The highest BCUT2D eigenvalue weighted by Crippen LogP contribution is 2.27. The maximum atomic E-state index is 11.1. The van der Waals surface area contributed by atoms with Crippen molar-refractivity contribution in [2.45, 2.75) is 33.1 Å². The maximum Gasteiger partial charge on any atom is 0.296 e. The standard InChI is InChI=1S/C14H19NO/c1-4-5-14(16)15-10-12-6-8-13(9-7-12)11(2)3/h6,13H,2,7-10H2,1,3H3,(H,15,16)/t13-/m1/s1. The van der Waals surface area contributed by atoms with Crippen molar-refractivity contribution in [1.29, 1.82) is 0 Å². The minimum absolute atomic E-state index is 0.189. The monoisotopic (exact) mass is 217 g/mol. The molecule has 0 heterocycles. The quantitative estimate of drug-likeness (QED) is 0.571. The van der Waals surface area contributed by atoms with E-state index in [-0.39, 0.29) is 5.91 Å². The van der Waals surface area contributed by atoms with Crippen molar-refractivity contribution in [3.05, 3.63) is 23.8 Å². The fourth-order valence-corrected chi connectivity index (χ4v) is 1.85. The van der Waals surface area contributed by atoms with E-state index in [1.165, 1.54) is 11.1 Å². The Morgan fingerprint density at radius 2 is 2.44 bits per heavy atom. The highest BCUT2D eigenvalue weighted by molar-refractivity contribution is 5.93. The summed E-state index contributed by atoms with van der Waals surface area (Å²) in [5.41, 5.74) is 2.57. The van der Waals surface area contributed by atoms with Gasteiger partial charge < -0.3 is 5.32 Å². The fraction of sp³-hybridized carbons (Fsp3) is 0.500. The van der Waals surface area contributed by atoms with Crippen LogP contribution in [0.15, 0.2) is 23.8 Å². The summed E-state index contributed by atoms with van der Waals surface area (Å²) in [6.45, 7) is 8.37. The Morgan fingerprint density at radius 3 is 2.94 bits per heavy atom. The van der Waals surface area contributed by atoms with Crippen LogP contribution in [0.2, 0.25) is 0 Å². The molecule has 1 atom stereocenters. The average Bonchev–Trinajstić information content (AvgIpc) is 2.27. The van der Waals surface area contributed by atoms with E-state index < -0.39 is 0 Å². The molecule has 1 aliphatic rings. The van der Waals surface area contributed by atoms with Crippen molar-refractivity contribution >= 4 is 5.91 Å². The minimum Gasteiger partial charge on any atom is -0.342 e. The summed E-state index contributed by atoms with van der Waals surface area (Å²) in [5.74, 6) is 5.49. The van der Waals surface area contributed by atoms with E-state index in [4.69, 9.17) is 0 Å². The van der Waals surface area contributed by atoms with Gasteiger partial charge in [0.2, 0.25) is 0 Å². The lowest BCUT2D eigenvalue weighted by Crippen LogP contribution is -2.25. The number of hydrogen-bond acceptors (Lipinski definition) is 1. The molecule has 0 saturated heterocycles. The molecule has 0 aromatic carbocycles. The molecule has 1 N–H and O–H groups in total. The van der Waals surface area contributed by atoms with Crippen LogP contribution < -0.4 is 5.32 Å². The van der Waals surface area contributed by atoms with Gasteiger partial charge in [0.15, 0.2) is 0 Å². The normalized spacial score (nSPS) is 19.1. The lowest BCUT2D eigenvalue weighted by Gasteiger charge is -2.22. The van der Waals surface area contributed by atoms with Gasteiger partial charge in [-0.2, -0.15) is 0 Å². The molecule has 0 unspecified atom stereocenters. The van der Waals surface area contributed by atoms with Crippen LogP contribution in [0.1, 0.15) is 33.1 Å². The number of carbonyl (C=O) groups is 1. The zero-order valence-corrected chi connectivity index (χ0v) is 10.1. The number of nitrogens with one attached hydrogen (secondary N) is 1. The molecule has 2 nitrogen and oxygen atoms in total. The van der Waals surface area contributed by atoms with Gasteiger partial charge in [-0.25, -0.2) is 0 Å². The third-order valence-electron chi connectivity index (χ3n) is 2.92. The third kappa shape index (κ3) is 3.94. The molecule has 2 heteroatoms. The molecular formula is C14H19NO. The first-order valence-electron chi connectivity index (χ1n) is 5.67. The Labute approximate surface area is 97.8 Å². The topological polar surface area (TPSA) is 29.1 Å². The van der Waals surface area contributed by atoms with E-state index >= 15 is 0 Å². The Bertz CT molecular complexity index is 368. The Morgan fingerprint density at radius 1 is 1.69 bits per heavy atom. The smallest absolute Gasteiger partial charge is 0.296 e. The average molecular weight is 217 g/mol. The zero-order valence-electron chi connectivity index (χ0n) is 10.1. The predicted octanol–water partition coefficient (Wildman–Crippen LogP) is 2.43. The van der Waals surface area contributed by atoms with Crippen LogP contribution in [0, 0.1) is 17.8 Å². The first kappa shape index (κ1) is 12.6. The largest absolute Gasteiger partial charge is 0.342 e. The van der Waals surface area contributed by atoms with Gasteiger partial charge in [0, 0.05) is 6.54 Å². The van der Waals surface area contributed by atoms with Gasteiger partial charge in [-0.3, -0.25) is 4.79 Å². The van der Waals surface area contributed by atoms with E-state index in [1.807, 2.05) is 0 Å². The van der Waals surface area contributed by atoms with Gasteiger partial charge in [0.1, 0.15) is 0 Å². The SMILES string of the molecule is C=C(C)[C@@H]1CC=C(CNC(=O)C#CC)CC1. The lowest BCUT2D eigenvalue weighted by atomic mass is 9.85. The van der Waals surface area contributed by atoms with Gasteiger partial charge >= 0.3 is 0 Å². The highest BCUT2D eigenvalue weighted by atomic mass is 16.1. The lowest BCUT2D eigenvalue weighted by molar-refractivity contribution is -0.115. The molecule has 16 heavy (non-hydrogen) atoms. The van der Waals surface area contributed by atoms with Crippen LogP contribution in [0.4, 0.5) is 0 Å². The molecule has 1 rings (SSSR count). The van der Waals surface area contributed by atoms with E-state index in [9.17, 15) is 4.79 Å². The number of hydrogen-bond donors (Lipinski definition) is 1. The van der Waals surface area contributed by atoms with Crippen LogP contribution in [-0.4, -0.2) is 12.5 Å². The van der Waals surface area contributed by atoms with Crippen LogP contribution in [-0.2, 0) is 4.79 Å². The maximum absolute atomic E-state index is 11.1. The molecular weight excluding hydrogens is 198 g/mol. The van der Waals surface area contributed by atoms with Crippen molar-refractivity contribution < 1.29 is 4.79 Å². The molecule has 0 radical (unpaired) electrons. The molecule has 0 saturated carbocycles. The predicted molar refractivity (Wildman–Crippen MR) is 66.7 cm³/mol. The van der Waals surface area contributed by atoms with Gasteiger partial charge in [-0.05, 0) is 44.9 Å². The van der Waals surface area contributed by atoms with Crippen molar-refractivity contribution in [2.75, 3.05) is 6.54 Å². The van der Waals surface area contributed by atoms with Crippen molar-refractivity contribution in [2.24, 2.45) is 5.92 Å². The van der Waals surface area contributed by atoms with Crippen LogP contribution in [0.3, 0.4) is 0 Å². The Kier molecular flexibility index (Phi) is 4.85. The summed E-state index contributed by atoms with van der Waals surface area (Å²) in [4.78, 5) is 11.1. The van der Waals surface area contributed by atoms with E-state index in [2.05, 4.69) is 36.7 Å². The van der Waals surface area contributed by atoms with E-state index in [0.717, 1.165) is 19.3 Å². The molecule has 86 valence electrons. The Hall–Kier alpha value is -1.49. The second kappa shape index (κ2) is 6.17.